The molecule has 3 heteroatoms. The number of amides is 1. The van der Waals surface area contributed by atoms with E-state index in [1.54, 1.807) is 6.92 Å². The fourth-order valence-electron chi connectivity index (χ4n) is 2.48. The molecule has 2 fully saturated rings. The van der Waals surface area contributed by atoms with Crippen LogP contribution in [0.5, 0.6) is 0 Å². The molecular weight excluding hydrogens is 176 g/mol. The van der Waals surface area contributed by atoms with Crippen LogP contribution in [0.4, 0.5) is 0 Å². The van der Waals surface area contributed by atoms with E-state index in [1.165, 1.54) is 19.3 Å². The number of nitriles is 1. The van der Waals surface area contributed by atoms with Gasteiger partial charge in [-0.15, -0.1) is 0 Å². The Balaban J connectivity index is 1.98. The average molecular weight is 192 g/mol. The smallest absolute Gasteiger partial charge is 0.219 e. The Kier molecular flexibility index (Phi) is 2.45. The molecule has 1 heterocycles. The third-order valence-electron chi connectivity index (χ3n) is 3.69. The summed E-state index contributed by atoms with van der Waals surface area (Å²) in [6, 6.07) is 2.62. The molecule has 1 aliphatic heterocycles. The number of hydrogen-bond acceptors (Lipinski definition) is 2. The van der Waals surface area contributed by atoms with Crippen LogP contribution in [0.3, 0.4) is 0 Å². The number of likely N-dealkylation sites (tertiary alicyclic amines) is 1. The Morgan fingerprint density at radius 2 is 2.21 bits per heavy atom. The second-order valence-corrected chi connectivity index (χ2v) is 4.41. The van der Waals surface area contributed by atoms with Gasteiger partial charge in [-0.3, -0.25) is 4.79 Å². The summed E-state index contributed by atoms with van der Waals surface area (Å²) in [7, 11) is 0. The maximum absolute atomic E-state index is 11.2. The van der Waals surface area contributed by atoms with Gasteiger partial charge >= 0.3 is 0 Å². The lowest BCUT2D eigenvalue weighted by molar-refractivity contribution is -0.138. The first kappa shape index (κ1) is 9.51. The van der Waals surface area contributed by atoms with E-state index < -0.39 is 0 Å². The van der Waals surface area contributed by atoms with Gasteiger partial charge in [0.1, 0.15) is 0 Å². The van der Waals surface area contributed by atoms with E-state index in [0.29, 0.717) is 5.92 Å². The lowest BCUT2D eigenvalue weighted by Gasteiger charge is -2.46. The molecule has 2 atom stereocenters. The molecule has 2 rings (SSSR count). The predicted molar refractivity (Wildman–Crippen MR) is 52.2 cm³/mol. The van der Waals surface area contributed by atoms with Gasteiger partial charge in [0, 0.05) is 19.5 Å². The average Bonchev–Trinajstić information content (AvgIpc) is 1.96. The Morgan fingerprint density at radius 1 is 1.50 bits per heavy atom. The van der Waals surface area contributed by atoms with Gasteiger partial charge in [-0.2, -0.15) is 5.26 Å². The van der Waals surface area contributed by atoms with Crippen LogP contribution in [-0.2, 0) is 4.79 Å². The summed E-state index contributed by atoms with van der Waals surface area (Å²) in [5.74, 6) is 0.786. The molecule has 0 N–H and O–H groups in total. The van der Waals surface area contributed by atoms with Crippen molar-refractivity contribution in [3.05, 3.63) is 0 Å². The van der Waals surface area contributed by atoms with Crippen LogP contribution in [0.2, 0.25) is 0 Å². The zero-order valence-corrected chi connectivity index (χ0v) is 8.57. The molecule has 1 saturated heterocycles. The van der Waals surface area contributed by atoms with E-state index in [4.69, 9.17) is 5.26 Å². The monoisotopic (exact) mass is 192 g/mol. The molecule has 1 saturated carbocycles. The predicted octanol–water partition coefficient (Wildman–Crippen LogP) is 1.55. The number of rotatable bonds is 2. The molecule has 2 unspecified atom stereocenters. The molecule has 2 aliphatic rings. The lowest BCUT2D eigenvalue weighted by Crippen LogP contribution is -2.55. The topological polar surface area (TPSA) is 44.1 Å². The molecule has 3 nitrogen and oxygen atoms in total. The second-order valence-electron chi connectivity index (χ2n) is 4.41. The van der Waals surface area contributed by atoms with Crippen molar-refractivity contribution in [1.29, 1.82) is 5.26 Å². The van der Waals surface area contributed by atoms with Gasteiger partial charge in [0.15, 0.2) is 0 Å². The fourth-order valence-corrected chi connectivity index (χ4v) is 2.48. The van der Waals surface area contributed by atoms with Crippen molar-refractivity contribution >= 4 is 5.91 Å². The van der Waals surface area contributed by atoms with E-state index in [9.17, 15) is 4.79 Å². The molecule has 0 spiro atoms. The van der Waals surface area contributed by atoms with Gasteiger partial charge < -0.3 is 4.90 Å². The number of carbonyl (C=O) groups is 1. The number of hydrogen-bond donors (Lipinski definition) is 0. The van der Waals surface area contributed by atoms with Gasteiger partial charge in [-0.1, -0.05) is 6.42 Å². The molecule has 14 heavy (non-hydrogen) atoms. The van der Waals surface area contributed by atoms with Crippen molar-refractivity contribution in [2.45, 2.75) is 38.6 Å². The summed E-state index contributed by atoms with van der Waals surface area (Å²) >= 11 is 0. The molecule has 76 valence electrons. The van der Waals surface area contributed by atoms with Crippen molar-refractivity contribution < 1.29 is 4.79 Å². The standard InChI is InChI=1S/C11H16N2O/c1-8(14)13-6-5-11(13)10(7-12)9-3-2-4-9/h9-11H,2-6H2,1H3. The van der Waals surface area contributed by atoms with E-state index in [2.05, 4.69) is 6.07 Å². The highest BCUT2D eigenvalue weighted by Crippen LogP contribution is 2.39. The van der Waals surface area contributed by atoms with Crippen molar-refractivity contribution in [2.24, 2.45) is 11.8 Å². The van der Waals surface area contributed by atoms with Crippen molar-refractivity contribution in [2.75, 3.05) is 6.54 Å². The molecule has 0 aromatic rings. The zero-order chi connectivity index (χ0) is 10.1. The summed E-state index contributed by atoms with van der Waals surface area (Å²) in [4.78, 5) is 13.1. The minimum Gasteiger partial charge on any atom is -0.338 e. The third kappa shape index (κ3) is 1.39. The summed E-state index contributed by atoms with van der Waals surface area (Å²) in [5.41, 5.74) is 0. The van der Waals surface area contributed by atoms with Gasteiger partial charge in [-0.25, -0.2) is 0 Å². The van der Waals surface area contributed by atoms with Gasteiger partial charge in [0.25, 0.3) is 0 Å². The lowest BCUT2D eigenvalue weighted by atomic mass is 9.71. The summed E-state index contributed by atoms with van der Waals surface area (Å²) < 4.78 is 0. The molecular formula is C11H16N2O. The van der Waals surface area contributed by atoms with Crippen LogP contribution >= 0.6 is 0 Å². The maximum Gasteiger partial charge on any atom is 0.219 e. The largest absolute Gasteiger partial charge is 0.338 e. The van der Waals surface area contributed by atoms with Gasteiger partial charge in [-0.05, 0) is 25.2 Å². The normalized spacial score (nSPS) is 28.6. The summed E-state index contributed by atoms with van der Waals surface area (Å²) in [5, 5.41) is 9.11. The summed E-state index contributed by atoms with van der Waals surface area (Å²) in [6.07, 6.45) is 4.64. The first-order valence-electron chi connectivity index (χ1n) is 5.41. The molecule has 0 bridgehead atoms. The van der Waals surface area contributed by atoms with Crippen LogP contribution in [0, 0.1) is 23.2 Å². The quantitative estimate of drug-likeness (QED) is 0.666. The Bertz CT molecular complexity index is 278. The molecule has 1 amide bonds. The van der Waals surface area contributed by atoms with Crippen LogP contribution in [0.25, 0.3) is 0 Å². The van der Waals surface area contributed by atoms with Crippen LogP contribution in [0.15, 0.2) is 0 Å². The molecule has 0 aromatic heterocycles. The van der Waals surface area contributed by atoms with Gasteiger partial charge in [0.05, 0.1) is 12.0 Å². The maximum atomic E-state index is 11.2. The second kappa shape index (κ2) is 3.61. The Morgan fingerprint density at radius 3 is 2.50 bits per heavy atom. The van der Waals surface area contributed by atoms with E-state index in [0.717, 1.165) is 13.0 Å². The zero-order valence-electron chi connectivity index (χ0n) is 8.57. The van der Waals surface area contributed by atoms with Crippen LogP contribution < -0.4 is 0 Å². The highest BCUT2D eigenvalue weighted by Gasteiger charge is 2.41. The minimum atomic E-state index is 0.0985. The van der Waals surface area contributed by atoms with Crippen LogP contribution in [-0.4, -0.2) is 23.4 Å². The number of carbonyl (C=O) groups excluding carboxylic acids is 1. The van der Waals surface area contributed by atoms with E-state index >= 15 is 0 Å². The van der Waals surface area contributed by atoms with E-state index in [1.807, 2.05) is 4.90 Å². The highest BCUT2D eigenvalue weighted by molar-refractivity contribution is 5.74. The number of nitrogens with zero attached hydrogens (tertiary/aromatic N) is 2. The molecule has 0 radical (unpaired) electrons. The van der Waals surface area contributed by atoms with Crippen LogP contribution in [0.1, 0.15) is 32.6 Å². The van der Waals surface area contributed by atoms with Gasteiger partial charge in [0.2, 0.25) is 5.91 Å². The highest BCUT2D eigenvalue weighted by atomic mass is 16.2. The SMILES string of the molecule is CC(=O)N1CCC1C(C#N)C1CCC1. The molecule has 0 aromatic carbocycles. The Hall–Kier alpha value is -1.04. The third-order valence-corrected chi connectivity index (χ3v) is 3.69. The summed E-state index contributed by atoms with van der Waals surface area (Å²) in [6.45, 7) is 2.45. The van der Waals surface area contributed by atoms with Crippen molar-refractivity contribution in [3.8, 4) is 6.07 Å². The fraction of sp³-hybridized carbons (Fsp3) is 0.818. The van der Waals surface area contributed by atoms with Crippen molar-refractivity contribution in [1.82, 2.24) is 4.90 Å². The Labute approximate surface area is 84.7 Å². The van der Waals surface area contributed by atoms with E-state index in [-0.39, 0.29) is 17.9 Å². The first-order chi connectivity index (χ1) is 6.74. The molecule has 1 aliphatic carbocycles. The van der Waals surface area contributed by atoms with Crippen molar-refractivity contribution in [3.63, 3.8) is 0 Å². The minimum absolute atomic E-state index is 0.0985. The first-order valence-corrected chi connectivity index (χ1v) is 5.41.